The average molecular weight is 330 g/mol. The third-order valence-electron chi connectivity index (χ3n) is 2.47. The van der Waals surface area contributed by atoms with Crippen LogP contribution in [0.5, 0.6) is 0 Å². The van der Waals surface area contributed by atoms with Crippen molar-refractivity contribution < 1.29 is 17.1 Å². The summed E-state index contributed by atoms with van der Waals surface area (Å²) in [6, 6.07) is 0. The molecule has 4 rings (SSSR count). The molecule has 4 aromatic rings. The topological polar surface area (TPSA) is 111 Å². The Hall–Kier alpha value is -2.64. The normalized spacial score (nSPS) is 9.52. The molecule has 0 spiro atoms. The van der Waals surface area contributed by atoms with Crippen LogP contribution in [0.3, 0.4) is 0 Å². The van der Waals surface area contributed by atoms with Crippen LogP contribution in [0.4, 0.5) is 0 Å². The summed E-state index contributed by atoms with van der Waals surface area (Å²) in [5, 5.41) is 0. The maximum atomic E-state index is 3.98. The number of hydrogen-bond donors (Lipinski definition) is 2. The third-order valence-corrected chi connectivity index (χ3v) is 2.47. The van der Waals surface area contributed by atoms with Crippen LogP contribution in [-0.4, -0.2) is 29.9 Å². The number of hydrogen-bond acceptors (Lipinski definition) is 4. The van der Waals surface area contributed by atoms with Crippen molar-refractivity contribution in [1.82, 2.24) is 39.9 Å². The molecule has 21 heavy (non-hydrogen) atoms. The van der Waals surface area contributed by atoms with Crippen molar-refractivity contribution >= 4 is 0 Å². The van der Waals surface area contributed by atoms with Crippen LogP contribution < -0.4 is 9.97 Å². The second-order valence-corrected chi connectivity index (χ2v) is 3.75. The molecule has 0 bridgehead atoms. The molecule has 2 N–H and O–H groups in total. The van der Waals surface area contributed by atoms with Crippen LogP contribution >= 0.6 is 0 Å². The van der Waals surface area contributed by atoms with Gasteiger partial charge in [0.25, 0.3) is 0 Å². The first kappa shape index (κ1) is 14.8. The van der Waals surface area contributed by atoms with Crippen molar-refractivity contribution in [2.75, 3.05) is 0 Å². The number of aromatic amines is 2. The SMILES string of the molecule is [Cu+2].c1ncc(-c2cnc[nH]2)[n-]1.c1ncc(-c2cnc[nH]2)[n-]1. The molecule has 4 heterocycles. The summed E-state index contributed by atoms with van der Waals surface area (Å²) in [4.78, 5) is 29.2. The predicted molar refractivity (Wildman–Crippen MR) is 70.3 cm³/mol. The first-order valence-corrected chi connectivity index (χ1v) is 5.76. The number of rotatable bonds is 2. The molecule has 0 aliphatic rings. The molecule has 0 aromatic carbocycles. The van der Waals surface area contributed by atoms with E-state index in [2.05, 4.69) is 39.9 Å². The van der Waals surface area contributed by atoms with Gasteiger partial charge >= 0.3 is 17.1 Å². The van der Waals surface area contributed by atoms with Crippen molar-refractivity contribution in [3.05, 3.63) is 50.1 Å². The van der Waals surface area contributed by atoms with Crippen LogP contribution in [0.1, 0.15) is 0 Å². The van der Waals surface area contributed by atoms with Gasteiger partial charge in [0, 0.05) is 0 Å². The van der Waals surface area contributed by atoms with Crippen molar-refractivity contribution in [1.29, 1.82) is 0 Å². The zero-order chi connectivity index (χ0) is 13.6. The van der Waals surface area contributed by atoms with Gasteiger partial charge in [-0.05, 0) is 11.4 Å². The predicted octanol–water partition coefficient (Wildman–Crippen LogP) is 0.855. The molecule has 0 saturated carbocycles. The van der Waals surface area contributed by atoms with Gasteiger partial charge in [-0.1, -0.05) is 25.0 Å². The van der Waals surface area contributed by atoms with Gasteiger partial charge in [0.2, 0.25) is 0 Å². The van der Waals surface area contributed by atoms with Crippen molar-refractivity contribution in [2.24, 2.45) is 0 Å². The molecule has 4 aromatic heterocycles. The molecule has 9 heteroatoms. The molecule has 0 unspecified atom stereocenters. The van der Waals surface area contributed by atoms with Crippen molar-refractivity contribution in [2.45, 2.75) is 0 Å². The van der Waals surface area contributed by atoms with E-state index in [9.17, 15) is 0 Å². The van der Waals surface area contributed by atoms with E-state index in [0.29, 0.717) is 0 Å². The number of H-pyrrole nitrogens is 2. The molecule has 1 radical (unpaired) electrons. The largest absolute Gasteiger partial charge is 2.00 e. The molecule has 8 nitrogen and oxygen atoms in total. The van der Waals surface area contributed by atoms with Crippen LogP contribution in [0.2, 0.25) is 0 Å². The zero-order valence-electron chi connectivity index (χ0n) is 10.6. The summed E-state index contributed by atoms with van der Waals surface area (Å²) in [6.07, 6.45) is 13.1. The maximum absolute atomic E-state index is 3.98. The minimum absolute atomic E-state index is 0. The Labute approximate surface area is 130 Å². The van der Waals surface area contributed by atoms with Crippen LogP contribution in [-0.2, 0) is 17.1 Å². The van der Waals surface area contributed by atoms with Crippen LogP contribution in [0.15, 0.2) is 50.1 Å². The summed E-state index contributed by atoms with van der Waals surface area (Å²) in [7, 11) is 0. The van der Waals surface area contributed by atoms with E-state index in [1.54, 1.807) is 37.4 Å². The Bertz CT molecular complexity index is 569. The van der Waals surface area contributed by atoms with E-state index in [4.69, 9.17) is 0 Å². The number of imidazole rings is 4. The zero-order valence-corrected chi connectivity index (χ0v) is 11.5. The number of nitrogens with one attached hydrogen (secondary N) is 2. The molecule has 109 valence electrons. The second kappa shape index (κ2) is 7.22. The van der Waals surface area contributed by atoms with E-state index in [1.165, 1.54) is 12.7 Å². The summed E-state index contributed by atoms with van der Waals surface area (Å²) in [6.45, 7) is 0. The number of nitrogens with zero attached hydrogens (tertiary/aromatic N) is 6. The summed E-state index contributed by atoms with van der Waals surface area (Å²) >= 11 is 0. The molecule has 0 atom stereocenters. The van der Waals surface area contributed by atoms with Gasteiger partial charge in [-0.2, -0.15) is 0 Å². The Morgan fingerprint density at radius 2 is 1.14 bits per heavy atom. The van der Waals surface area contributed by atoms with E-state index in [0.717, 1.165) is 22.8 Å². The van der Waals surface area contributed by atoms with Gasteiger partial charge in [0.15, 0.2) is 0 Å². The summed E-state index contributed by atoms with van der Waals surface area (Å²) in [5.41, 5.74) is 3.46. The quantitative estimate of drug-likeness (QED) is 0.527. The monoisotopic (exact) mass is 329 g/mol. The van der Waals surface area contributed by atoms with E-state index in [-0.39, 0.29) is 17.1 Å². The van der Waals surface area contributed by atoms with Gasteiger partial charge in [-0.3, -0.25) is 0 Å². The second-order valence-electron chi connectivity index (χ2n) is 3.75. The molecule has 0 fully saturated rings. The molecule has 0 amide bonds. The summed E-state index contributed by atoms with van der Waals surface area (Å²) < 4.78 is 0. The van der Waals surface area contributed by atoms with Gasteiger partial charge < -0.3 is 29.9 Å². The van der Waals surface area contributed by atoms with Gasteiger partial charge in [-0.15, -0.1) is 0 Å². The fourth-order valence-electron chi connectivity index (χ4n) is 1.54. The summed E-state index contributed by atoms with van der Waals surface area (Å²) in [5.74, 6) is 0. The molecular formula is C12H10CuN8. The van der Waals surface area contributed by atoms with Crippen LogP contribution in [0, 0.1) is 0 Å². The first-order valence-electron chi connectivity index (χ1n) is 5.76. The Balaban J connectivity index is 0.000000147. The van der Waals surface area contributed by atoms with Crippen molar-refractivity contribution in [3.63, 3.8) is 0 Å². The third kappa shape index (κ3) is 3.68. The van der Waals surface area contributed by atoms with Gasteiger partial charge in [0.05, 0.1) is 36.4 Å². The number of aromatic nitrogens is 8. The molecule has 0 saturated heterocycles. The molecular weight excluding hydrogens is 320 g/mol. The molecule has 0 aliphatic heterocycles. The Morgan fingerprint density at radius 3 is 1.43 bits per heavy atom. The fourth-order valence-corrected chi connectivity index (χ4v) is 1.54. The average Bonchev–Trinajstić information content (AvgIpc) is 3.29. The first-order chi connectivity index (χ1) is 9.93. The van der Waals surface area contributed by atoms with E-state index >= 15 is 0 Å². The van der Waals surface area contributed by atoms with Gasteiger partial charge in [-0.25, -0.2) is 9.97 Å². The molecule has 0 aliphatic carbocycles. The Morgan fingerprint density at radius 1 is 0.667 bits per heavy atom. The smallest absolute Gasteiger partial charge is 0.449 e. The fraction of sp³-hybridized carbons (Fsp3) is 0. The Kier molecular flexibility index (Phi) is 5.08. The van der Waals surface area contributed by atoms with Gasteiger partial charge in [0.1, 0.15) is 0 Å². The minimum Gasteiger partial charge on any atom is -0.449 e. The minimum atomic E-state index is 0. The van der Waals surface area contributed by atoms with Crippen LogP contribution in [0.25, 0.3) is 22.8 Å². The standard InChI is InChI=1S/2C6H5N4.Cu/c2*1-5(9-3-7-1)6-2-8-4-10-6;/h2*1-4H,(H-,7,8,9,10);/q2*-1;+2. The van der Waals surface area contributed by atoms with Crippen molar-refractivity contribution in [3.8, 4) is 22.8 Å². The van der Waals surface area contributed by atoms with E-state index < -0.39 is 0 Å². The maximum Gasteiger partial charge on any atom is 2.00 e. The van der Waals surface area contributed by atoms with E-state index in [1.807, 2.05) is 0 Å².